The predicted octanol–water partition coefficient (Wildman–Crippen LogP) is 2.07. The van der Waals surface area contributed by atoms with Crippen molar-refractivity contribution in [3.05, 3.63) is 15.0 Å². The number of hydrogen-bond acceptors (Lipinski definition) is 3. The number of halogens is 1. The van der Waals surface area contributed by atoms with Gasteiger partial charge >= 0.3 is 5.97 Å². The van der Waals surface area contributed by atoms with E-state index in [1.807, 2.05) is 0 Å². The maximum absolute atomic E-state index is 11.3. The summed E-state index contributed by atoms with van der Waals surface area (Å²) in [4.78, 5) is 11.3. The van der Waals surface area contributed by atoms with Crippen molar-refractivity contribution in [2.45, 2.75) is 25.2 Å². The number of methoxy groups -OCH3 is 1. The molecule has 4 nitrogen and oxygen atoms in total. The number of ether oxygens (including phenoxy) is 1. The van der Waals surface area contributed by atoms with Crippen LogP contribution in [0.2, 0.25) is 0 Å². The zero-order valence-electron chi connectivity index (χ0n) is 7.84. The first-order valence-corrected chi connectivity index (χ1v) is 5.64. The van der Waals surface area contributed by atoms with Gasteiger partial charge in [-0.2, -0.15) is 5.10 Å². The van der Waals surface area contributed by atoms with Gasteiger partial charge in [0, 0.05) is 5.92 Å². The quantitative estimate of drug-likeness (QED) is 0.672. The van der Waals surface area contributed by atoms with Crippen molar-refractivity contribution in [3.63, 3.8) is 0 Å². The maximum Gasteiger partial charge on any atom is 0.357 e. The molecule has 76 valence electrons. The fraction of sp³-hybridized carbons (Fsp3) is 0.556. The molecule has 1 aliphatic rings. The highest BCUT2D eigenvalue weighted by molar-refractivity contribution is 14.1. The van der Waals surface area contributed by atoms with E-state index in [9.17, 15) is 4.79 Å². The molecule has 0 radical (unpaired) electrons. The third-order valence-corrected chi connectivity index (χ3v) is 3.71. The molecule has 1 saturated carbocycles. The molecule has 1 aromatic heterocycles. The number of esters is 1. The molecular formula is C9H11IN2O2. The van der Waals surface area contributed by atoms with Crippen molar-refractivity contribution in [3.8, 4) is 0 Å². The predicted molar refractivity (Wildman–Crippen MR) is 59.2 cm³/mol. The Morgan fingerprint density at radius 3 is 2.86 bits per heavy atom. The van der Waals surface area contributed by atoms with E-state index in [0.717, 1.165) is 9.26 Å². The number of aromatic nitrogens is 2. The first-order chi connectivity index (χ1) is 6.74. The van der Waals surface area contributed by atoms with Crippen molar-refractivity contribution < 1.29 is 9.53 Å². The maximum atomic E-state index is 11.3. The minimum Gasteiger partial charge on any atom is -0.464 e. The van der Waals surface area contributed by atoms with Crippen LogP contribution in [0.1, 0.15) is 41.4 Å². The summed E-state index contributed by atoms with van der Waals surface area (Å²) in [6, 6.07) is 0. The van der Waals surface area contributed by atoms with E-state index in [4.69, 9.17) is 0 Å². The Morgan fingerprint density at radius 1 is 1.64 bits per heavy atom. The molecule has 1 fully saturated rings. The standard InChI is InChI=1S/C9H11IN2O2/c1-14-9(13)8-6(10)7(11-12-8)5-3-2-4-5/h5H,2-4H2,1H3,(H,11,12). The molecule has 2 rings (SSSR count). The fourth-order valence-electron chi connectivity index (χ4n) is 1.53. The molecule has 0 aliphatic heterocycles. The van der Waals surface area contributed by atoms with Gasteiger partial charge in [0.25, 0.3) is 0 Å². The molecule has 0 unspecified atom stereocenters. The van der Waals surface area contributed by atoms with E-state index in [1.54, 1.807) is 0 Å². The van der Waals surface area contributed by atoms with Gasteiger partial charge in [0.05, 0.1) is 16.4 Å². The molecule has 0 atom stereocenters. The summed E-state index contributed by atoms with van der Waals surface area (Å²) in [6.45, 7) is 0. The highest BCUT2D eigenvalue weighted by Gasteiger charge is 2.27. The Morgan fingerprint density at radius 2 is 2.36 bits per heavy atom. The summed E-state index contributed by atoms with van der Waals surface area (Å²) in [5.74, 6) is 0.198. The smallest absolute Gasteiger partial charge is 0.357 e. The van der Waals surface area contributed by atoms with Gasteiger partial charge in [-0.1, -0.05) is 6.42 Å². The van der Waals surface area contributed by atoms with Gasteiger partial charge in [-0.3, -0.25) is 5.10 Å². The lowest BCUT2D eigenvalue weighted by Crippen LogP contribution is -2.11. The van der Waals surface area contributed by atoms with Crippen LogP contribution in [0.3, 0.4) is 0 Å². The monoisotopic (exact) mass is 306 g/mol. The Balaban J connectivity index is 2.27. The topological polar surface area (TPSA) is 55.0 Å². The average molecular weight is 306 g/mol. The molecular weight excluding hydrogens is 295 g/mol. The molecule has 1 N–H and O–H groups in total. The molecule has 1 aromatic rings. The largest absolute Gasteiger partial charge is 0.464 e. The molecule has 0 bridgehead atoms. The van der Waals surface area contributed by atoms with E-state index in [0.29, 0.717) is 11.6 Å². The Kier molecular flexibility index (Phi) is 2.76. The molecule has 0 saturated heterocycles. The second-order valence-corrected chi connectivity index (χ2v) is 4.50. The van der Waals surface area contributed by atoms with Crippen LogP contribution in [0, 0.1) is 3.57 Å². The zero-order chi connectivity index (χ0) is 10.1. The fourth-order valence-corrected chi connectivity index (χ4v) is 2.43. The zero-order valence-corrected chi connectivity index (χ0v) is 10.00. The highest BCUT2D eigenvalue weighted by Crippen LogP contribution is 2.37. The Hall–Kier alpha value is -0.590. The summed E-state index contributed by atoms with van der Waals surface area (Å²) >= 11 is 2.15. The van der Waals surface area contributed by atoms with Crippen LogP contribution in [0.4, 0.5) is 0 Å². The minimum absolute atomic E-state index is 0.340. The molecule has 0 amide bonds. The number of nitrogens with zero attached hydrogens (tertiary/aromatic N) is 1. The molecule has 14 heavy (non-hydrogen) atoms. The van der Waals surface area contributed by atoms with Crippen LogP contribution in [-0.2, 0) is 4.74 Å². The number of carbonyl (C=O) groups excluding carboxylic acids is 1. The van der Waals surface area contributed by atoms with Gasteiger partial charge in [0.15, 0.2) is 5.69 Å². The number of carbonyl (C=O) groups is 1. The molecule has 0 aromatic carbocycles. The van der Waals surface area contributed by atoms with Crippen LogP contribution >= 0.6 is 22.6 Å². The average Bonchev–Trinajstić information content (AvgIpc) is 2.45. The number of rotatable bonds is 2. The first kappa shape index (κ1) is 9.95. The highest BCUT2D eigenvalue weighted by atomic mass is 127. The minimum atomic E-state index is -0.340. The third-order valence-electron chi connectivity index (χ3n) is 2.61. The van der Waals surface area contributed by atoms with Crippen molar-refractivity contribution >= 4 is 28.6 Å². The van der Waals surface area contributed by atoms with Gasteiger partial charge in [-0.25, -0.2) is 4.79 Å². The lowest BCUT2D eigenvalue weighted by atomic mass is 9.83. The molecule has 0 spiro atoms. The van der Waals surface area contributed by atoms with Crippen molar-refractivity contribution in [2.75, 3.05) is 7.11 Å². The number of aromatic amines is 1. The van der Waals surface area contributed by atoms with Crippen LogP contribution in [-0.4, -0.2) is 23.3 Å². The molecule has 5 heteroatoms. The van der Waals surface area contributed by atoms with E-state index in [-0.39, 0.29) is 5.97 Å². The van der Waals surface area contributed by atoms with Gasteiger partial charge in [0.1, 0.15) is 0 Å². The summed E-state index contributed by atoms with van der Waals surface area (Å²) in [7, 11) is 1.38. The van der Waals surface area contributed by atoms with Crippen molar-refractivity contribution in [2.24, 2.45) is 0 Å². The van der Waals surface area contributed by atoms with E-state index < -0.39 is 0 Å². The Labute approximate surface area is 95.5 Å². The van der Waals surface area contributed by atoms with Gasteiger partial charge in [0.2, 0.25) is 0 Å². The number of nitrogens with one attached hydrogen (secondary N) is 1. The third kappa shape index (κ3) is 1.53. The van der Waals surface area contributed by atoms with Crippen LogP contribution in [0.15, 0.2) is 0 Å². The van der Waals surface area contributed by atoms with Crippen molar-refractivity contribution in [1.29, 1.82) is 0 Å². The lowest BCUT2D eigenvalue weighted by Gasteiger charge is -2.23. The van der Waals surface area contributed by atoms with Crippen molar-refractivity contribution in [1.82, 2.24) is 10.2 Å². The lowest BCUT2D eigenvalue weighted by molar-refractivity contribution is 0.0593. The van der Waals surface area contributed by atoms with Gasteiger partial charge < -0.3 is 4.74 Å². The van der Waals surface area contributed by atoms with Gasteiger partial charge in [-0.05, 0) is 35.4 Å². The summed E-state index contributed by atoms with van der Waals surface area (Å²) < 4.78 is 5.56. The van der Waals surface area contributed by atoms with E-state index in [1.165, 1.54) is 26.4 Å². The normalized spacial score (nSPS) is 16.4. The summed E-state index contributed by atoms with van der Waals surface area (Å²) in [5.41, 5.74) is 1.51. The van der Waals surface area contributed by atoms with E-state index >= 15 is 0 Å². The van der Waals surface area contributed by atoms with Crippen LogP contribution < -0.4 is 0 Å². The second kappa shape index (κ2) is 3.88. The first-order valence-electron chi connectivity index (χ1n) is 4.56. The second-order valence-electron chi connectivity index (χ2n) is 3.42. The van der Waals surface area contributed by atoms with Crippen LogP contribution in [0.25, 0.3) is 0 Å². The number of hydrogen-bond donors (Lipinski definition) is 1. The summed E-state index contributed by atoms with van der Waals surface area (Å²) in [6.07, 6.45) is 3.63. The SMILES string of the molecule is COC(=O)c1[nH]nc(C2CCC2)c1I. The summed E-state index contributed by atoms with van der Waals surface area (Å²) in [5, 5.41) is 6.92. The Bertz CT molecular complexity index is 358. The van der Waals surface area contributed by atoms with E-state index in [2.05, 4.69) is 37.5 Å². The molecule has 1 heterocycles. The van der Waals surface area contributed by atoms with Crippen LogP contribution in [0.5, 0.6) is 0 Å². The number of H-pyrrole nitrogens is 1. The molecule has 1 aliphatic carbocycles. The van der Waals surface area contributed by atoms with Gasteiger partial charge in [-0.15, -0.1) is 0 Å².